The van der Waals surface area contributed by atoms with E-state index >= 15 is 0 Å². The molecule has 0 aliphatic heterocycles. The summed E-state index contributed by atoms with van der Waals surface area (Å²) in [4.78, 5) is 23.4. The minimum Gasteiger partial charge on any atom is -0.387 e. The quantitative estimate of drug-likeness (QED) is 0.0243. The Labute approximate surface area is 487 Å². The predicted molar refractivity (Wildman–Crippen MR) is 341 cm³/mol. The van der Waals surface area contributed by atoms with Crippen molar-refractivity contribution in [2.24, 2.45) is 0 Å². The molecule has 78 heavy (non-hydrogen) atoms. The minimum atomic E-state index is -4.36. The van der Waals surface area contributed by atoms with Crippen LogP contribution in [0.2, 0.25) is 0 Å². The van der Waals surface area contributed by atoms with Gasteiger partial charge in [-0.2, -0.15) is 0 Å². The Bertz CT molecular complexity index is 1360. The highest BCUT2D eigenvalue weighted by atomic mass is 31.2. The zero-order valence-electron chi connectivity index (χ0n) is 52.9. The first-order chi connectivity index (χ1) is 38.0. The Kier molecular flexibility index (Phi) is 59.3. The molecule has 8 nitrogen and oxygen atoms in total. The second-order valence-corrected chi connectivity index (χ2v) is 26.4. The Balaban J connectivity index is 4.07. The minimum absolute atomic E-state index is 0.0577. The molecular weight excluding hydrogens is 984 g/mol. The molecule has 0 saturated heterocycles. The third-order valence-corrected chi connectivity index (χ3v) is 16.8. The van der Waals surface area contributed by atoms with E-state index in [0.717, 1.165) is 38.5 Å². The number of aliphatic hydroxyl groups is 1. The Morgan fingerprint density at radius 1 is 0.423 bits per heavy atom. The Morgan fingerprint density at radius 2 is 0.705 bits per heavy atom. The van der Waals surface area contributed by atoms with E-state index in [-0.39, 0.29) is 19.1 Å². The van der Waals surface area contributed by atoms with Crippen LogP contribution in [0, 0.1) is 0 Å². The van der Waals surface area contributed by atoms with Crippen LogP contribution in [-0.4, -0.2) is 73.4 Å². The first-order valence-electron chi connectivity index (χ1n) is 34.4. The van der Waals surface area contributed by atoms with Crippen LogP contribution in [0.25, 0.3) is 0 Å². The summed E-state index contributed by atoms with van der Waals surface area (Å²) in [5.41, 5.74) is 0. The first kappa shape index (κ1) is 76.7. The van der Waals surface area contributed by atoms with Crippen LogP contribution in [0.15, 0.2) is 36.5 Å². The number of hydrogen-bond donors (Lipinski definition) is 3. The van der Waals surface area contributed by atoms with Crippen LogP contribution in [-0.2, 0) is 18.4 Å². The van der Waals surface area contributed by atoms with Crippen LogP contribution in [0.5, 0.6) is 0 Å². The number of carbonyl (C=O) groups is 1. The summed E-state index contributed by atoms with van der Waals surface area (Å²) < 4.78 is 23.8. The average Bonchev–Trinajstić information content (AvgIpc) is 3.41. The summed E-state index contributed by atoms with van der Waals surface area (Å²) in [6.45, 7) is 4.85. The van der Waals surface area contributed by atoms with Gasteiger partial charge < -0.3 is 19.8 Å². The zero-order chi connectivity index (χ0) is 57.0. The van der Waals surface area contributed by atoms with Gasteiger partial charge in [0.05, 0.1) is 39.9 Å². The number of quaternary nitrogens is 1. The van der Waals surface area contributed by atoms with Crippen LogP contribution in [0.3, 0.4) is 0 Å². The van der Waals surface area contributed by atoms with Gasteiger partial charge in [0.1, 0.15) is 13.2 Å². The van der Waals surface area contributed by atoms with Crippen LogP contribution >= 0.6 is 7.82 Å². The molecule has 3 N–H and O–H groups in total. The molecule has 0 fully saturated rings. The molecule has 0 aromatic heterocycles. The van der Waals surface area contributed by atoms with Gasteiger partial charge in [-0.15, -0.1) is 0 Å². The van der Waals surface area contributed by atoms with E-state index < -0.39 is 20.0 Å². The number of likely N-dealkylation sites (N-methyl/N-ethyl adjacent to an activating group) is 1. The maximum atomic E-state index is 13.0. The molecule has 0 rings (SSSR count). The average molecular weight is 1120 g/mol. The fourth-order valence-electron chi connectivity index (χ4n) is 10.5. The van der Waals surface area contributed by atoms with E-state index in [2.05, 4.69) is 43.5 Å². The lowest BCUT2D eigenvalue weighted by molar-refractivity contribution is -0.870. The number of unbranched alkanes of at least 4 members (excludes halogenated alkanes) is 47. The lowest BCUT2D eigenvalue weighted by Gasteiger charge is -2.25. The second kappa shape index (κ2) is 60.3. The predicted octanol–water partition coefficient (Wildman–Crippen LogP) is 21.7. The van der Waals surface area contributed by atoms with E-state index in [9.17, 15) is 19.4 Å². The maximum Gasteiger partial charge on any atom is 0.472 e. The molecule has 0 aromatic rings. The summed E-state index contributed by atoms with van der Waals surface area (Å²) in [6, 6.07) is -0.863. The number of phosphoric acid groups is 1. The molecule has 0 saturated carbocycles. The van der Waals surface area contributed by atoms with Crippen LogP contribution < -0.4 is 5.32 Å². The van der Waals surface area contributed by atoms with E-state index in [0.29, 0.717) is 17.4 Å². The molecule has 0 aliphatic carbocycles. The number of carbonyl (C=O) groups excluding carboxylic acids is 1. The van der Waals surface area contributed by atoms with Crippen molar-refractivity contribution in [2.45, 2.75) is 360 Å². The van der Waals surface area contributed by atoms with Crippen molar-refractivity contribution in [3.05, 3.63) is 36.5 Å². The van der Waals surface area contributed by atoms with Gasteiger partial charge in [-0.1, -0.05) is 320 Å². The number of hydrogen-bond acceptors (Lipinski definition) is 5. The SMILES string of the molecule is CCCCCCCCCCCCCC/C=C\CCCCCCCCCCCCCCCCCCC(=O)NC(COP(=O)(O)OCC[N+](C)(C)C)C(O)/C=C/CC/C=C/CCCCCCCCCCCCCCCCCCCC. The third kappa shape index (κ3) is 62.3. The number of allylic oxidation sites excluding steroid dienone is 5. The molecule has 3 unspecified atom stereocenters. The van der Waals surface area contributed by atoms with Gasteiger partial charge in [-0.3, -0.25) is 13.8 Å². The van der Waals surface area contributed by atoms with Gasteiger partial charge in [-0.05, 0) is 57.8 Å². The van der Waals surface area contributed by atoms with Crippen molar-refractivity contribution in [2.75, 3.05) is 40.9 Å². The van der Waals surface area contributed by atoms with Crippen molar-refractivity contribution in [3.8, 4) is 0 Å². The summed E-state index contributed by atoms with van der Waals surface area (Å²) in [7, 11) is 1.57. The number of amides is 1. The number of nitrogens with zero attached hydrogens (tertiary/aromatic N) is 1. The van der Waals surface area contributed by atoms with Gasteiger partial charge in [-0.25, -0.2) is 4.57 Å². The van der Waals surface area contributed by atoms with Crippen molar-refractivity contribution in [3.63, 3.8) is 0 Å². The molecular formula is C69H136N2O6P+. The highest BCUT2D eigenvalue weighted by Crippen LogP contribution is 2.43. The van der Waals surface area contributed by atoms with Crippen molar-refractivity contribution in [1.82, 2.24) is 5.32 Å². The first-order valence-corrected chi connectivity index (χ1v) is 35.9. The molecule has 0 radical (unpaired) electrons. The highest BCUT2D eigenvalue weighted by Gasteiger charge is 2.28. The molecule has 0 aliphatic rings. The van der Waals surface area contributed by atoms with E-state index in [1.54, 1.807) is 6.08 Å². The summed E-state index contributed by atoms with van der Waals surface area (Å²) >= 11 is 0. The van der Waals surface area contributed by atoms with Gasteiger partial charge in [0.15, 0.2) is 0 Å². The largest absolute Gasteiger partial charge is 0.472 e. The lowest BCUT2D eigenvalue weighted by atomic mass is 10.0. The molecule has 1 amide bonds. The van der Waals surface area contributed by atoms with Crippen LogP contribution in [0.1, 0.15) is 348 Å². The topological polar surface area (TPSA) is 105 Å². The Hall–Kier alpha value is -1.28. The zero-order valence-corrected chi connectivity index (χ0v) is 53.8. The molecule has 0 spiro atoms. The number of aliphatic hydroxyl groups excluding tert-OH is 1. The van der Waals surface area contributed by atoms with Gasteiger partial charge in [0.2, 0.25) is 5.91 Å². The van der Waals surface area contributed by atoms with E-state index in [1.807, 2.05) is 27.2 Å². The smallest absolute Gasteiger partial charge is 0.387 e. The molecule has 0 aromatic carbocycles. The lowest BCUT2D eigenvalue weighted by Crippen LogP contribution is -2.45. The van der Waals surface area contributed by atoms with Crippen LogP contribution in [0.4, 0.5) is 0 Å². The highest BCUT2D eigenvalue weighted by molar-refractivity contribution is 7.47. The fraction of sp³-hybridized carbons (Fsp3) is 0.899. The van der Waals surface area contributed by atoms with Gasteiger partial charge in [0, 0.05) is 6.42 Å². The summed E-state index contributed by atoms with van der Waals surface area (Å²) in [6.07, 6.45) is 80.1. The van der Waals surface area contributed by atoms with Crippen molar-refractivity contribution in [1.29, 1.82) is 0 Å². The molecule has 0 bridgehead atoms. The normalized spacial score (nSPS) is 13.9. The summed E-state index contributed by atoms with van der Waals surface area (Å²) in [5.74, 6) is -0.180. The second-order valence-electron chi connectivity index (χ2n) is 24.9. The number of nitrogens with one attached hydrogen (secondary N) is 1. The standard InChI is InChI=1S/C69H135N2O6P/c1-6-8-10-12-14-16-18-20-22-24-26-28-30-32-33-34-35-36-37-38-39-41-43-45-47-49-51-53-55-57-59-61-63-69(73)70-67(66-77-78(74,75)76-65-64-71(3,4)5)68(72)62-60-58-56-54-52-50-48-46-44-42-40-31-29-27-25-23-21-19-17-15-13-11-9-7-2/h32-33,52,54,60,62,67-68,72H,6-31,34-51,53,55-59,61,63-66H2,1-5H3,(H-,70,73,74,75)/p+1/b33-32-,54-52+,62-60+. The molecule has 462 valence electrons. The van der Waals surface area contributed by atoms with Crippen molar-refractivity contribution >= 4 is 13.7 Å². The van der Waals surface area contributed by atoms with E-state index in [4.69, 9.17) is 9.05 Å². The number of rotatable bonds is 64. The van der Waals surface area contributed by atoms with E-state index in [1.165, 1.54) is 289 Å². The Morgan fingerprint density at radius 3 is 1.03 bits per heavy atom. The summed E-state index contributed by atoms with van der Waals surface area (Å²) in [5, 5.41) is 14.0. The molecule has 9 heteroatoms. The maximum absolute atomic E-state index is 13.0. The van der Waals surface area contributed by atoms with Crippen molar-refractivity contribution < 1.29 is 32.9 Å². The van der Waals surface area contributed by atoms with Gasteiger partial charge in [0.25, 0.3) is 0 Å². The molecule has 3 atom stereocenters. The molecule has 0 heterocycles. The van der Waals surface area contributed by atoms with Gasteiger partial charge >= 0.3 is 7.82 Å². The monoisotopic (exact) mass is 1120 g/mol. The fourth-order valence-corrected chi connectivity index (χ4v) is 11.2. The number of phosphoric ester groups is 1. The third-order valence-electron chi connectivity index (χ3n) is 15.8.